The molecule has 0 unspecified atom stereocenters. The molecule has 0 bridgehead atoms. The lowest BCUT2D eigenvalue weighted by molar-refractivity contribution is -0.686. The van der Waals surface area contributed by atoms with E-state index in [9.17, 15) is 4.79 Å². The van der Waals surface area contributed by atoms with Crippen molar-refractivity contribution < 1.29 is 28.3 Å². The minimum Gasteiger partial charge on any atom is -0.496 e. The fourth-order valence-electron chi connectivity index (χ4n) is 6.10. The molecule has 0 saturated heterocycles. The number of carbonyl (C=O) groups is 1. The Morgan fingerprint density at radius 3 is 1.95 bits per heavy atom. The maximum Gasteiger partial charge on any atom is 0.342 e. The van der Waals surface area contributed by atoms with Gasteiger partial charge in [-0.15, -0.1) is 0 Å². The minimum atomic E-state index is -0.320. The molecule has 42 heavy (non-hydrogen) atoms. The van der Waals surface area contributed by atoms with Gasteiger partial charge in [0, 0.05) is 12.5 Å². The van der Waals surface area contributed by atoms with Crippen molar-refractivity contribution in [2.75, 3.05) is 27.9 Å². The Hall–Kier alpha value is -3.28. The highest BCUT2D eigenvalue weighted by molar-refractivity contribution is 6.07. The van der Waals surface area contributed by atoms with Gasteiger partial charge in [0.1, 0.15) is 11.3 Å². The summed E-state index contributed by atoms with van der Waals surface area (Å²) in [7, 11) is 4.92. The molecular formula is C36H50NO5+. The molecule has 1 aliphatic heterocycles. The molecule has 0 aliphatic carbocycles. The topological polar surface area (TPSA) is 57.9 Å². The van der Waals surface area contributed by atoms with Crippen LogP contribution in [0.2, 0.25) is 0 Å². The third-order valence-electron chi connectivity index (χ3n) is 8.54. The van der Waals surface area contributed by atoms with Crippen LogP contribution < -0.4 is 18.8 Å². The van der Waals surface area contributed by atoms with Crippen LogP contribution in [0.1, 0.15) is 106 Å². The number of fused-ring (bicyclic) bond motifs is 4. The molecule has 2 heterocycles. The maximum atomic E-state index is 13.3. The predicted molar refractivity (Wildman–Crippen MR) is 169 cm³/mol. The van der Waals surface area contributed by atoms with Crippen LogP contribution in [0.4, 0.5) is 0 Å². The number of methoxy groups -OCH3 is 3. The number of benzene rings is 2. The highest BCUT2D eigenvalue weighted by Crippen LogP contribution is 2.38. The van der Waals surface area contributed by atoms with Crippen molar-refractivity contribution in [1.29, 1.82) is 0 Å². The fourth-order valence-corrected chi connectivity index (χ4v) is 6.10. The van der Waals surface area contributed by atoms with Crippen molar-refractivity contribution in [1.82, 2.24) is 0 Å². The fraction of sp³-hybridized carbons (Fsp3) is 0.556. The van der Waals surface area contributed by atoms with E-state index in [4.69, 9.17) is 18.9 Å². The number of hydrogen-bond donors (Lipinski definition) is 0. The lowest BCUT2D eigenvalue weighted by atomic mass is 9.94. The van der Waals surface area contributed by atoms with E-state index in [0.29, 0.717) is 23.7 Å². The van der Waals surface area contributed by atoms with Crippen molar-refractivity contribution in [3.8, 4) is 28.5 Å². The smallest absolute Gasteiger partial charge is 0.342 e. The van der Waals surface area contributed by atoms with Gasteiger partial charge in [-0.3, -0.25) is 0 Å². The van der Waals surface area contributed by atoms with E-state index < -0.39 is 0 Å². The lowest BCUT2D eigenvalue weighted by Gasteiger charge is -2.19. The first-order valence-electron chi connectivity index (χ1n) is 16.1. The van der Waals surface area contributed by atoms with Crippen molar-refractivity contribution in [3.63, 3.8) is 0 Å². The van der Waals surface area contributed by atoms with Crippen LogP contribution in [-0.2, 0) is 17.7 Å². The number of esters is 1. The van der Waals surface area contributed by atoms with E-state index in [1.54, 1.807) is 21.3 Å². The number of unbranched alkanes of at least 4 members (excludes halogenated alkanes) is 12. The Labute approximate surface area is 252 Å². The Bertz CT molecular complexity index is 1320. The number of nitrogens with zero attached hydrogens (tertiary/aromatic N) is 1. The Morgan fingerprint density at radius 2 is 1.33 bits per heavy atom. The van der Waals surface area contributed by atoms with Gasteiger partial charge >= 0.3 is 5.97 Å². The summed E-state index contributed by atoms with van der Waals surface area (Å²) in [4.78, 5) is 13.3. The molecule has 0 amide bonds. The average molecular weight is 577 g/mol. The maximum absolute atomic E-state index is 13.3. The molecule has 0 radical (unpaired) electrons. The highest BCUT2D eigenvalue weighted by atomic mass is 16.5. The Balaban J connectivity index is 1.32. The molecule has 0 fully saturated rings. The number of carbonyl (C=O) groups excluding carboxylic acids is 1. The van der Waals surface area contributed by atoms with Crippen LogP contribution in [-0.4, -0.2) is 33.9 Å². The Kier molecular flexibility index (Phi) is 12.3. The standard InChI is InChI=1S/C36H50NO5/c1-5-6-7-8-9-10-11-12-13-14-15-16-17-22-42-36(38)35-30-26-37-21-20-28-24-33(40-3)34(41-4)25-29(28)31(37)23-27(30)18-19-32(35)39-2/h18-19,23-26H,5-17,20-22H2,1-4H3/q+1. The van der Waals surface area contributed by atoms with E-state index in [1.165, 1.54) is 76.2 Å². The van der Waals surface area contributed by atoms with Gasteiger partial charge in [-0.25, -0.2) is 4.79 Å². The summed E-state index contributed by atoms with van der Waals surface area (Å²) in [5.41, 5.74) is 3.92. The molecule has 2 aromatic carbocycles. The van der Waals surface area contributed by atoms with Crippen LogP contribution in [0, 0.1) is 0 Å². The predicted octanol–water partition coefficient (Wildman–Crippen LogP) is 8.62. The van der Waals surface area contributed by atoms with Crippen LogP contribution in [0.15, 0.2) is 36.5 Å². The highest BCUT2D eigenvalue weighted by Gasteiger charge is 2.28. The second-order valence-electron chi connectivity index (χ2n) is 11.5. The van der Waals surface area contributed by atoms with Gasteiger partial charge in [0.25, 0.3) is 0 Å². The van der Waals surface area contributed by atoms with Gasteiger partial charge in [-0.05, 0) is 35.6 Å². The quantitative estimate of drug-likeness (QED) is 0.0862. The van der Waals surface area contributed by atoms with E-state index in [0.717, 1.165) is 53.6 Å². The molecule has 0 spiro atoms. The largest absolute Gasteiger partial charge is 0.496 e. The molecule has 1 aliphatic rings. The van der Waals surface area contributed by atoms with E-state index in [2.05, 4.69) is 29.8 Å². The first-order chi connectivity index (χ1) is 20.6. The first kappa shape index (κ1) is 31.7. The molecule has 0 saturated carbocycles. The van der Waals surface area contributed by atoms with Crippen molar-refractivity contribution >= 4 is 16.7 Å². The number of ether oxygens (including phenoxy) is 4. The third kappa shape index (κ3) is 7.96. The summed E-state index contributed by atoms with van der Waals surface area (Å²) < 4.78 is 24.7. The summed E-state index contributed by atoms with van der Waals surface area (Å²) in [6.45, 7) is 3.51. The van der Waals surface area contributed by atoms with E-state index in [-0.39, 0.29) is 5.97 Å². The molecule has 6 heteroatoms. The molecule has 228 valence electrons. The van der Waals surface area contributed by atoms with E-state index in [1.807, 2.05) is 18.2 Å². The molecule has 4 rings (SSSR count). The summed E-state index contributed by atoms with van der Waals surface area (Å²) in [6, 6.07) is 10.1. The van der Waals surface area contributed by atoms with Gasteiger partial charge in [0.15, 0.2) is 24.2 Å². The van der Waals surface area contributed by atoms with Crippen LogP contribution in [0.3, 0.4) is 0 Å². The number of hydrogen-bond acceptors (Lipinski definition) is 5. The summed E-state index contributed by atoms with van der Waals surface area (Å²) in [5, 5.41) is 1.81. The molecule has 6 nitrogen and oxygen atoms in total. The Morgan fingerprint density at radius 1 is 0.738 bits per heavy atom. The van der Waals surface area contributed by atoms with Gasteiger partial charge in [0.2, 0.25) is 5.69 Å². The zero-order valence-corrected chi connectivity index (χ0v) is 26.3. The first-order valence-corrected chi connectivity index (χ1v) is 16.1. The number of aryl methyl sites for hydroxylation is 2. The zero-order chi connectivity index (χ0) is 29.7. The zero-order valence-electron chi connectivity index (χ0n) is 26.3. The van der Waals surface area contributed by atoms with Crippen molar-refractivity contribution in [2.24, 2.45) is 0 Å². The molecule has 3 aromatic rings. The van der Waals surface area contributed by atoms with Gasteiger partial charge in [-0.2, -0.15) is 4.57 Å². The van der Waals surface area contributed by atoms with Gasteiger partial charge < -0.3 is 18.9 Å². The van der Waals surface area contributed by atoms with Crippen LogP contribution in [0.5, 0.6) is 17.2 Å². The molecule has 0 atom stereocenters. The summed E-state index contributed by atoms with van der Waals surface area (Å²) in [6.07, 6.45) is 19.7. The summed E-state index contributed by atoms with van der Waals surface area (Å²) in [5.74, 6) is 1.67. The third-order valence-corrected chi connectivity index (χ3v) is 8.54. The monoisotopic (exact) mass is 576 g/mol. The van der Waals surface area contributed by atoms with Gasteiger partial charge in [0.05, 0.1) is 38.9 Å². The van der Waals surface area contributed by atoms with Gasteiger partial charge in [-0.1, -0.05) is 90.0 Å². The normalized spacial score (nSPS) is 12.1. The van der Waals surface area contributed by atoms with Crippen LogP contribution in [0.25, 0.3) is 22.0 Å². The molecule has 0 N–H and O–H groups in total. The average Bonchev–Trinajstić information content (AvgIpc) is 3.02. The van der Waals surface area contributed by atoms with E-state index >= 15 is 0 Å². The second-order valence-corrected chi connectivity index (χ2v) is 11.5. The van der Waals surface area contributed by atoms with Crippen LogP contribution >= 0.6 is 0 Å². The molecule has 1 aromatic heterocycles. The number of rotatable bonds is 18. The molecular weight excluding hydrogens is 526 g/mol. The lowest BCUT2D eigenvalue weighted by Crippen LogP contribution is -2.40. The minimum absolute atomic E-state index is 0.320. The number of pyridine rings is 1. The summed E-state index contributed by atoms with van der Waals surface area (Å²) >= 11 is 0. The number of aromatic nitrogens is 1. The second kappa shape index (κ2) is 16.4. The van der Waals surface area contributed by atoms with Crippen molar-refractivity contribution in [3.05, 3.63) is 47.7 Å². The van der Waals surface area contributed by atoms with Crippen molar-refractivity contribution in [2.45, 2.75) is 103 Å². The SMILES string of the molecule is CCCCCCCCCCCCCCCOC(=O)c1c(OC)ccc2cc3[n+](cc12)CCc1cc(OC)c(OC)cc1-3.